The van der Waals surface area contributed by atoms with Crippen LogP contribution in [-0.4, -0.2) is 12.6 Å². The lowest BCUT2D eigenvalue weighted by molar-refractivity contribution is -0.147. The summed E-state index contributed by atoms with van der Waals surface area (Å²) in [6.07, 6.45) is 0. The molecule has 3 aromatic carbocycles. The molecule has 0 aromatic heterocycles. The molecule has 0 bridgehead atoms. The van der Waals surface area contributed by atoms with Crippen LogP contribution in [-0.2, 0) is 16.1 Å². The molecule has 0 amide bonds. The SMILES string of the molecule is O=C(COc1cccc(-c2ccccc2)c1)OCc1ccccc1. The number of hydrogen-bond acceptors (Lipinski definition) is 3. The average Bonchev–Trinajstić information content (AvgIpc) is 2.66. The Hall–Kier alpha value is -3.07. The number of esters is 1. The highest BCUT2D eigenvalue weighted by molar-refractivity contribution is 5.71. The number of carbonyl (C=O) groups is 1. The van der Waals surface area contributed by atoms with Crippen molar-refractivity contribution in [2.45, 2.75) is 6.61 Å². The zero-order valence-corrected chi connectivity index (χ0v) is 13.2. The smallest absolute Gasteiger partial charge is 0.344 e. The summed E-state index contributed by atoms with van der Waals surface area (Å²) < 4.78 is 10.7. The lowest BCUT2D eigenvalue weighted by atomic mass is 10.1. The molecule has 0 aliphatic carbocycles. The van der Waals surface area contributed by atoms with Crippen molar-refractivity contribution in [1.82, 2.24) is 0 Å². The molecule has 0 radical (unpaired) electrons. The third kappa shape index (κ3) is 4.46. The zero-order chi connectivity index (χ0) is 16.6. The highest BCUT2D eigenvalue weighted by atomic mass is 16.6. The van der Waals surface area contributed by atoms with Gasteiger partial charge in [-0.05, 0) is 28.8 Å². The Labute approximate surface area is 141 Å². The summed E-state index contributed by atoms with van der Waals surface area (Å²) in [5.41, 5.74) is 3.11. The van der Waals surface area contributed by atoms with Gasteiger partial charge < -0.3 is 9.47 Å². The fourth-order valence-electron chi connectivity index (χ4n) is 2.32. The van der Waals surface area contributed by atoms with E-state index in [0.717, 1.165) is 16.7 Å². The summed E-state index contributed by atoms with van der Waals surface area (Å²) in [5.74, 6) is 0.261. The second-order valence-electron chi connectivity index (χ2n) is 5.33. The Bertz CT molecular complexity index is 782. The van der Waals surface area contributed by atoms with Crippen molar-refractivity contribution in [3.05, 3.63) is 90.5 Å². The fourth-order valence-corrected chi connectivity index (χ4v) is 2.32. The third-order valence-electron chi connectivity index (χ3n) is 3.54. The van der Waals surface area contributed by atoms with Gasteiger partial charge in [-0.25, -0.2) is 4.79 Å². The van der Waals surface area contributed by atoms with Crippen molar-refractivity contribution in [2.75, 3.05) is 6.61 Å². The van der Waals surface area contributed by atoms with Gasteiger partial charge in [0.2, 0.25) is 0 Å². The number of benzene rings is 3. The normalized spacial score (nSPS) is 10.2. The van der Waals surface area contributed by atoms with Crippen LogP contribution in [0.25, 0.3) is 11.1 Å². The first-order valence-electron chi connectivity index (χ1n) is 7.79. The molecule has 3 rings (SSSR count). The van der Waals surface area contributed by atoms with Crippen LogP contribution in [0.4, 0.5) is 0 Å². The van der Waals surface area contributed by atoms with E-state index in [1.807, 2.05) is 84.9 Å². The number of carbonyl (C=O) groups excluding carboxylic acids is 1. The topological polar surface area (TPSA) is 35.5 Å². The molecule has 0 aliphatic heterocycles. The molecule has 0 spiro atoms. The highest BCUT2D eigenvalue weighted by Gasteiger charge is 2.06. The van der Waals surface area contributed by atoms with E-state index in [4.69, 9.17) is 9.47 Å². The second kappa shape index (κ2) is 7.97. The van der Waals surface area contributed by atoms with Crippen molar-refractivity contribution in [1.29, 1.82) is 0 Å². The molecule has 24 heavy (non-hydrogen) atoms. The Morgan fingerprint density at radius 1 is 0.750 bits per heavy atom. The fraction of sp³-hybridized carbons (Fsp3) is 0.0952. The molecule has 3 aromatic rings. The molecule has 0 saturated carbocycles. The summed E-state index contributed by atoms with van der Waals surface area (Å²) in [4.78, 5) is 11.8. The van der Waals surface area contributed by atoms with Gasteiger partial charge in [-0.2, -0.15) is 0 Å². The van der Waals surface area contributed by atoms with Crippen molar-refractivity contribution >= 4 is 5.97 Å². The van der Waals surface area contributed by atoms with Crippen LogP contribution in [0.3, 0.4) is 0 Å². The molecule has 0 atom stereocenters. The van der Waals surface area contributed by atoms with E-state index in [1.54, 1.807) is 0 Å². The summed E-state index contributed by atoms with van der Waals surface area (Å²) >= 11 is 0. The van der Waals surface area contributed by atoms with Crippen LogP contribution in [0.15, 0.2) is 84.9 Å². The van der Waals surface area contributed by atoms with E-state index in [2.05, 4.69) is 0 Å². The molecular weight excluding hydrogens is 300 g/mol. The Balaban J connectivity index is 1.54. The van der Waals surface area contributed by atoms with Gasteiger partial charge in [0, 0.05) is 0 Å². The molecule has 0 heterocycles. The van der Waals surface area contributed by atoms with Crippen LogP contribution >= 0.6 is 0 Å². The summed E-state index contributed by atoms with van der Waals surface area (Å²) in [7, 11) is 0. The molecule has 0 fully saturated rings. The predicted molar refractivity (Wildman–Crippen MR) is 93.6 cm³/mol. The minimum absolute atomic E-state index is 0.106. The zero-order valence-electron chi connectivity index (χ0n) is 13.2. The Morgan fingerprint density at radius 2 is 1.42 bits per heavy atom. The van der Waals surface area contributed by atoms with Gasteiger partial charge in [0.15, 0.2) is 6.61 Å². The van der Waals surface area contributed by atoms with E-state index in [1.165, 1.54) is 0 Å². The standard InChI is InChI=1S/C21H18O3/c22-21(24-15-17-8-3-1-4-9-17)16-23-20-13-7-12-19(14-20)18-10-5-2-6-11-18/h1-14H,15-16H2. The minimum Gasteiger partial charge on any atom is -0.482 e. The van der Waals surface area contributed by atoms with Crippen molar-refractivity contribution in [2.24, 2.45) is 0 Å². The van der Waals surface area contributed by atoms with E-state index in [0.29, 0.717) is 5.75 Å². The molecule has 0 saturated heterocycles. The van der Waals surface area contributed by atoms with Gasteiger partial charge in [0.1, 0.15) is 12.4 Å². The number of ether oxygens (including phenoxy) is 2. The maximum atomic E-state index is 11.8. The van der Waals surface area contributed by atoms with Gasteiger partial charge in [-0.15, -0.1) is 0 Å². The molecule has 0 N–H and O–H groups in total. The van der Waals surface area contributed by atoms with Gasteiger partial charge in [0.25, 0.3) is 0 Å². The lowest BCUT2D eigenvalue weighted by Crippen LogP contribution is -2.14. The molecule has 0 aliphatic rings. The third-order valence-corrected chi connectivity index (χ3v) is 3.54. The van der Waals surface area contributed by atoms with Crippen molar-refractivity contribution < 1.29 is 14.3 Å². The van der Waals surface area contributed by atoms with Gasteiger partial charge in [0.05, 0.1) is 0 Å². The molecule has 0 unspecified atom stereocenters. The minimum atomic E-state index is -0.385. The number of rotatable bonds is 6. The van der Waals surface area contributed by atoms with E-state index in [-0.39, 0.29) is 19.2 Å². The van der Waals surface area contributed by atoms with Crippen LogP contribution in [0, 0.1) is 0 Å². The monoisotopic (exact) mass is 318 g/mol. The summed E-state index contributed by atoms with van der Waals surface area (Å²) in [6.45, 7) is 0.151. The maximum Gasteiger partial charge on any atom is 0.344 e. The highest BCUT2D eigenvalue weighted by Crippen LogP contribution is 2.23. The first kappa shape index (κ1) is 15.8. The van der Waals surface area contributed by atoms with E-state index in [9.17, 15) is 4.79 Å². The van der Waals surface area contributed by atoms with E-state index < -0.39 is 0 Å². The van der Waals surface area contributed by atoms with Gasteiger partial charge in [-0.3, -0.25) is 0 Å². The second-order valence-corrected chi connectivity index (χ2v) is 5.33. The van der Waals surface area contributed by atoms with E-state index >= 15 is 0 Å². The van der Waals surface area contributed by atoms with Crippen LogP contribution in [0.2, 0.25) is 0 Å². The lowest BCUT2D eigenvalue weighted by Gasteiger charge is -2.09. The van der Waals surface area contributed by atoms with Crippen LogP contribution < -0.4 is 4.74 Å². The van der Waals surface area contributed by atoms with Crippen molar-refractivity contribution in [3.8, 4) is 16.9 Å². The summed E-state index contributed by atoms with van der Waals surface area (Å²) in [6, 6.07) is 27.3. The average molecular weight is 318 g/mol. The molecule has 120 valence electrons. The predicted octanol–water partition coefficient (Wildman–Crippen LogP) is 4.48. The van der Waals surface area contributed by atoms with Gasteiger partial charge >= 0.3 is 5.97 Å². The summed E-state index contributed by atoms with van der Waals surface area (Å²) in [5, 5.41) is 0. The van der Waals surface area contributed by atoms with Crippen molar-refractivity contribution in [3.63, 3.8) is 0 Å². The van der Waals surface area contributed by atoms with Crippen LogP contribution in [0.5, 0.6) is 5.75 Å². The molecule has 3 nitrogen and oxygen atoms in total. The van der Waals surface area contributed by atoms with Crippen LogP contribution in [0.1, 0.15) is 5.56 Å². The first-order valence-corrected chi connectivity index (χ1v) is 7.79. The largest absolute Gasteiger partial charge is 0.482 e. The number of hydrogen-bond donors (Lipinski definition) is 0. The van der Waals surface area contributed by atoms with Gasteiger partial charge in [-0.1, -0.05) is 72.8 Å². The Kier molecular flexibility index (Phi) is 5.25. The molecular formula is C21H18O3. The molecule has 3 heteroatoms. The quantitative estimate of drug-likeness (QED) is 0.629. The first-order chi connectivity index (χ1) is 11.8. The Morgan fingerprint density at radius 3 is 2.17 bits per heavy atom. The maximum absolute atomic E-state index is 11.8.